The van der Waals surface area contributed by atoms with Crippen molar-refractivity contribution in [1.29, 1.82) is 0 Å². The van der Waals surface area contributed by atoms with E-state index in [1.807, 2.05) is 30.3 Å². The Bertz CT molecular complexity index is 1050. The molecule has 3 heterocycles. The monoisotopic (exact) mass is 478 g/mol. The fourth-order valence-electron chi connectivity index (χ4n) is 3.93. The van der Waals surface area contributed by atoms with Crippen LogP contribution in [0.25, 0.3) is 5.57 Å². The second-order valence-electron chi connectivity index (χ2n) is 7.98. The largest absolute Gasteiger partial charge is 0.417 e. The zero-order valence-electron chi connectivity index (χ0n) is 17.7. The van der Waals surface area contributed by atoms with Crippen LogP contribution in [0.2, 0.25) is 5.02 Å². The quantitative estimate of drug-likeness (QED) is 0.672. The Kier molecular flexibility index (Phi) is 6.71. The zero-order valence-corrected chi connectivity index (χ0v) is 18.4. The van der Waals surface area contributed by atoms with E-state index in [0.717, 1.165) is 24.2 Å². The van der Waals surface area contributed by atoms with Crippen LogP contribution < -0.4 is 4.90 Å². The smallest absolute Gasteiger partial charge is 0.338 e. The van der Waals surface area contributed by atoms with Gasteiger partial charge in [-0.1, -0.05) is 29.8 Å². The van der Waals surface area contributed by atoms with Crippen LogP contribution >= 0.6 is 11.6 Å². The van der Waals surface area contributed by atoms with Crippen molar-refractivity contribution in [2.45, 2.75) is 12.6 Å². The number of anilines is 1. The summed E-state index contributed by atoms with van der Waals surface area (Å²) in [5, 5.41) is 0.677. The van der Waals surface area contributed by atoms with Crippen LogP contribution in [0.3, 0.4) is 0 Å². The van der Waals surface area contributed by atoms with Gasteiger partial charge in [-0.2, -0.15) is 13.2 Å². The SMILES string of the molecule is O=C(CN1CCN(c2ccc(C(F)(F)F)cn2)C(=O)C1)N1CC=C(c2ccc(Cl)cc2)CC1. The van der Waals surface area contributed by atoms with Crippen LogP contribution in [0.5, 0.6) is 0 Å². The molecular formula is C23H22ClF3N4O2. The Morgan fingerprint density at radius 3 is 2.39 bits per heavy atom. The summed E-state index contributed by atoms with van der Waals surface area (Å²) >= 11 is 5.94. The van der Waals surface area contributed by atoms with E-state index in [9.17, 15) is 22.8 Å². The predicted molar refractivity (Wildman–Crippen MR) is 119 cm³/mol. The highest BCUT2D eigenvalue weighted by atomic mass is 35.5. The number of rotatable bonds is 4. The number of amides is 2. The summed E-state index contributed by atoms with van der Waals surface area (Å²) < 4.78 is 38.1. The summed E-state index contributed by atoms with van der Waals surface area (Å²) in [6.45, 7) is 1.90. The Labute approximate surface area is 194 Å². The molecule has 1 aromatic carbocycles. The summed E-state index contributed by atoms with van der Waals surface area (Å²) in [6.07, 6.45) is -0.988. The van der Waals surface area contributed by atoms with E-state index in [-0.39, 0.29) is 37.3 Å². The van der Waals surface area contributed by atoms with Crippen molar-refractivity contribution in [2.75, 3.05) is 44.2 Å². The lowest BCUT2D eigenvalue weighted by atomic mass is 9.99. The number of carbonyl (C=O) groups is 2. The molecule has 4 rings (SSSR count). The first-order valence-electron chi connectivity index (χ1n) is 10.5. The van der Waals surface area contributed by atoms with E-state index < -0.39 is 11.7 Å². The zero-order chi connectivity index (χ0) is 23.6. The molecule has 33 heavy (non-hydrogen) atoms. The molecule has 0 N–H and O–H groups in total. The number of carbonyl (C=O) groups excluding carboxylic acids is 2. The number of pyridine rings is 1. The minimum Gasteiger partial charge on any atom is -0.338 e. The number of alkyl halides is 3. The first-order chi connectivity index (χ1) is 15.7. The first kappa shape index (κ1) is 23.3. The minimum absolute atomic E-state index is 0.00808. The molecule has 0 bridgehead atoms. The van der Waals surface area contributed by atoms with Gasteiger partial charge in [0.05, 0.1) is 18.7 Å². The van der Waals surface area contributed by atoms with E-state index in [2.05, 4.69) is 4.98 Å². The second-order valence-corrected chi connectivity index (χ2v) is 8.42. The van der Waals surface area contributed by atoms with Gasteiger partial charge < -0.3 is 4.90 Å². The van der Waals surface area contributed by atoms with E-state index >= 15 is 0 Å². The number of benzene rings is 1. The highest BCUT2D eigenvalue weighted by Crippen LogP contribution is 2.29. The van der Waals surface area contributed by atoms with Gasteiger partial charge in [-0.25, -0.2) is 4.98 Å². The maximum absolute atomic E-state index is 12.7. The van der Waals surface area contributed by atoms with Crippen LogP contribution in [-0.4, -0.2) is 65.9 Å². The summed E-state index contributed by atoms with van der Waals surface area (Å²) in [4.78, 5) is 33.9. The van der Waals surface area contributed by atoms with Crippen LogP contribution in [0, 0.1) is 0 Å². The molecular weight excluding hydrogens is 457 g/mol. The molecule has 2 amide bonds. The predicted octanol–water partition coefficient (Wildman–Crippen LogP) is 3.72. The third-order valence-corrected chi connectivity index (χ3v) is 6.04. The van der Waals surface area contributed by atoms with Gasteiger partial charge in [-0.15, -0.1) is 0 Å². The van der Waals surface area contributed by atoms with Gasteiger partial charge in [0.2, 0.25) is 11.8 Å². The molecule has 174 valence electrons. The topological polar surface area (TPSA) is 56.8 Å². The highest BCUT2D eigenvalue weighted by molar-refractivity contribution is 6.30. The van der Waals surface area contributed by atoms with Gasteiger partial charge in [-0.05, 0) is 41.8 Å². The lowest BCUT2D eigenvalue weighted by Gasteiger charge is -2.35. The molecule has 1 fully saturated rings. The summed E-state index contributed by atoms with van der Waals surface area (Å²) in [6, 6.07) is 9.70. The fourth-order valence-corrected chi connectivity index (χ4v) is 4.05. The molecule has 0 unspecified atom stereocenters. The Morgan fingerprint density at radius 1 is 1.06 bits per heavy atom. The van der Waals surface area contributed by atoms with Gasteiger partial charge in [-0.3, -0.25) is 19.4 Å². The van der Waals surface area contributed by atoms with Gasteiger partial charge >= 0.3 is 6.18 Å². The van der Waals surface area contributed by atoms with Crippen molar-refractivity contribution in [1.82, 2.24) is 14.8 Å². The summed E-state index contributed by atoms with van der Waals surface area (Å²) in [5.41, 5.74) is 1.39. The lowest BCUT2D eigenvalue weighted by molar-refractivity contribution is -0.138. The average Bonchev–Trinajstić information content (AvgIpc) is 2.79. The molecule has 1 aromatic heterocycles. The second kappa shape index (κ2) is 9.52. The highest BCUT2D eigenvalue weighted by Gasteiger charge is 2.32. The Hall–Kier alpha value is -2.91. The number of hydrogen-bond donors (Lipinski definition) is 0. The van der Waals surface area contributed by atoms with Crippen molar-refractivity contribution in [2.24, 2.45) is 0 Å². The lowest BCUT2D eigenvalue weighted by Crippen LogP contribution is -2.53. The number of nitrogens with zero attached hydrogens (tertiary/aromatic N) is 4. The van der Waals surface area contributed by atoms with Crippen LogP contribution in [0.15, 0.2) is 48.7 Å². The molecule has 0 aliphatic carbocycles. The van der Waals surface area contributed by atoms with E-state index in [4.69, 9.17) is 11.6 Å². The van der Waals surface area contributed by atoms with Crippen molar-refractivity contribution < 1.29 is 22.8 Å². The molecule has 0 radical (unpaired) electrons. The molecule has 0 spiro atoms. The number of hydrogen-bond acceptors (Lipinski definition) is 4. The van der Waals surface area contributed by atoms with E-state index in [1.165, 1.54) is 16.5 Å². The molecule has 2 aromatic rings. The molecule has 0 atom stereocenters. The average molecular weight is 479 g/mol. The maximum atomic E-state index is 12.7. The van der Waals surface area contributed by atoms with Crippen molar-refractivity contribution in [3.05, 3.63) is 64.8 Å². The van der Waals surface area contributed by atoms with E-state index in [0.29, 0.717) is 24.7 Å². The molecule has 10 heteroatoms. The minimum atomic E-state index is -4.48. The third kappa shape index (κ3) is 5.54. The first-order valence-corrected chi connectivity index (χ1v) is 10.9. The number of aromatic nitrogens is 1. The van der Waals surface area contributed by atoms with Crippen LogP contribution in [-0.2, 0) is 15.8 Å². The molecule has 0 saturated carbocycles. The third-order valence-electron chi connectivity index (χ3n) is 5.79. The molecule has 1 saturated heterocycles. The van der Waals surface area contributed by atoms with Gasteiger partial charge in [0.15, 0.2) is 0 Å². The van der Waals surface area contributed by atoms with Crippen molar-refractivity contribution in [3.63, 3.8) is 0 Å². The Balaban J connectivity index is 1.30. The Morgan fingerprint density at radius 2 is 1.82 bits per heavy atom. The number of piperazine rings is 1. The molecule has 6 nitrogen and oxygen atoms in total. The summed E-state index contributed by atoms with van der Waals surface area (Å²) in [5.74, 6) is -0.185. The van der Waals surface area contributed by atoms with Gasteiger partial charge in [0, 0.05) is 37.4 Å². The molecule has 2 aliphatic heterocycles. The maximum Gasteiger partial charge on any atom is 0.417 e. The standard InChI is InChI=1S/C23H22ClF3N4O2/c24-19-4-1-16(2-5-19)17-7-9-30(10-8-17)21(32)14-29-11-12-31(22(33)15-29)20-6-3-18(13-28-20)23(25,26)27/h1-7,13H,8-12,14-15H2. The summed E-state index contributed by atoms with van der Waals surface area (Å²) in [7, 11) is 0. The van der Waals surface area contributed by atoms with E-state index in [1.54, 1.807) is 9.80 Å². The van der Waals surface area contributed by atoms with Gasteiger partial charge in [0.1, 0.15) is 5.82 Å². The number of halogens is 4. The van der Waals surface area contributed by atoms with Crippen LogP contribution in [0.4, 0.5) is 19.0 Å². The normalized spacial score (nSPS) is 17.8. The molecule has 2 aliphatic rings. The van der Waals surface area contributed by atoms with Gasteiger partial charge in [0.25, 0.3) is 0 Å². The fraction of sp³-hybridized carbons (Fsp3) is 0.348. The van der Waals surface area contributed by atoms with Crippen molar-refractivity contribution in [3.8, 4) is 0 Å². The van der Waals surface area contributed by atoms with Crippen LogP contribution in [0.1, 0.15) is 17.5 Å². The van der Waals surface area contributed by atoms with Crippen molar-refractivity contribution >= 4 is 34.8 Å².